The topological polar surface area (TPSA) is 87.9 Å². The van der Waals surface area contributed by atoms with Crippen LogP contribution in [0.15, 0.2) is 42.5 Å². The molecule has 29 heavy (non-hydrogen) atoms. The van der Waals surface area contributed by atoms with E-state index in [0.717, 1.165) is 36.9 Å². The van der Waals surface area contributed by atoms with Crippen molar-refractivity contribution in [3.05, 3.63) is 57.6 Å². The van der Waals surface area contributed by atoms with Crippen molar-refractivity contribution in [3.63, 3.8) is 0 Å². The zero-order valence-electron chi connectivity index (χ0n) is 16.1. The van der Waals surface area contributed by atoms with E-state index in [4.69, 9.17) is 16.3 Å². The van der Waals surface area contributed by atoms with Crippen LogP contribution in [0.3, 0.4) is 0 Å². The van der Waals surface area contributed by atoms with Crippen LogP contribution in [-0.4, -0.2) is 55.6 Å². The van der Waals surface area contributed by atoms with E-state index < -0.39 is 4.92 Å². The van der Waals surface area contributed by atoms with E-state index in [1.807, 2.05) is 24.3 Å². The number of nitro benzene ring substituents is 1. The Kier molecular flexibility index (Phi) is 6.90. The summed E-state index contributed by atoms with van der Waals surface area (Å²) in [5.74, 6) is 0.176. The normalized spacial score (nSPS) is 14.5. The van der Waals surface area contributed by atoms with Gasteiger partial charge in [-0.3, -0.25) is 19.8 Å². The van der Waals surface area contributed by atoms with Crippen molar-refractivity contribution in [2.24, 2.45) is 0 Å². The van der Waals surface area contributed by atoms with Crippen molar-refractivity contribution in [2.45, 2.75) is 6.42 Å². The molecule has 0 aliphatic carbocycles. The molecule has 1 heterocycles. The number of carbonyl (C=O) groups excluding carboxylic acids is 1. The quantitative estimate of drug-likeness (QED) is 0.547. The molecule has 0 saturated carbocycles. The van der Waals surface area contributed by atoms with Gasteiger partial charge in [-0.25, -0.2) is 0 Å². The van der Waals surface area contributed by atoms with Crippen LogP contribution in [0.1, 0.15) is 6.42 Å². The number of carbonyl (C=O) groups is 1. The van der Waals surface area contributed by atoms with E-state index >= 15 is 0 Å². The lowest BCUT2D eigenvalue weighted by Gasteiger charge is -2.36. The molecule has 1 fully saturated rings. The van der Waals surface area contributed by atoms with Crippen molar-refractivity contribution in [1.82, 2.24) is 4.90 Å². The Hall–Kier alpha value is -2.84. The molecule has 0 radical (unpaired) electrons. The minimum Gasteiger partial charge on any atom is -0.495 e. The molecular formula is C20H23ClN4O4. The first kappa shape index (κ1) is 20.9. The second kappa shape index (κ2) is 9.58. The van der Waals surface area contributed by atoms with E-state index in [0.29, 0.717) is 18.0 Å². The second-order valence-electron chi connectivity index (χ2n) is 6.72. The summed E-state index contributed by atoms with van der Waals surface area (Å²) in [6.07, 6.45) is 0.290. The molecule has 9 heteroatoms. The first-order valence-electron chi connectivity index (χ1n) is 9.32. The maximum absolute atomic E-state index is 12.3. The largest absolute Gasteiger partial charge is 0.495 e. The second-order valence-corrected chi connectivity index (χ2v) is 7.13. The molecule has 154 valence electrons. The number of hydrogen-bond donors (Lipinski definition) is 1. The number of ether oxygens (including phenoxy) is 1. The predicted octanol–water partition coefficient (Wildman–Crippen LogP) is 3.41. The van der Waals surface area contributed by atoms with Crippen LogP contribution in [0.4, 0.5) is 17.1 Å². The molecule has 1 aliphatic heterocycles. The molecule has 8 nitrogen and oxygen atoms in total. The lowest BCUT2D eigenvalue weighted by molar-refractivity contribution is -0.384. The van der Waals surface area contributed by atoms with Gasteiger partial charge < -0.3 is 15.0 Å². The highest BCUT2D eigenvalue weighted by Crippen LogP contribution is 2.29. The molecule has 1 amide bonds. The Morgan fingerprint density at radius 2 is 1.93 bits per heavy atom. The summed E-state index contributed by atoms with van der Waals surface area (Å²) in [6, 6.07) is 11.9. The maximum atomic E-state index is 12.3. The van der Waals surface area contributed by atoms with Crippen LogP contribution in [0.5, 0.6) is 5.75 Å². The average Bonchev–Trinajstić information content (AvgIpc) is 2.73. The van der Waals surface area contributed by atoms with Crippen molar-refractivity contribution >= 4 is 34.6 Å². The summed E-state index contributed by atoms with van der Waals surface area (Å²) in [6.45, 7) is 3.95. The van der Waals surface area contributed by atoms with Crippen LogP contribution >= 0.6 is 11.6 Å². The van der Waals surface area contributed by atoms with Gasteiger partial charge in [-0.05, 0) is 18.2 Å². The van der Waals surface area contributed by atoms with Crippen molar-refractivity contribution in [2.75, 3.05) is 50.1 Å². The lowest BCUT2D eigenvalue weighted by atomic mass is 10.2. The zero-order chi connectivity index (χ0) is 20.8. The van der Waals surface area contributed by atoms with E-state index in [-0.39, 0.29) is 18.0 Å². The lowest BCUT2D eigenvalue weighted by Crippen LogP contribution is -2.47. The Balaban J connectivity index is 1.50. The third-order valence-electron chi connectivity index (χ3n) is 4.89. The minimum atomic E-state index is -0.506. The van der Waals surface area contributed by atoms with Gasteiger partial charge in [-0.2, -0.15) is 0 Å². The van der Waals surface area contributed by atoms with Gasteiger partial charge in [-0.1, -0.05) is 23.7 Å². The van der Waals surface area contributed by atoms with Gasteiger partial charge >= 0.3 is 0 Å². The highest BCUT2D eigenvalue weighted by molar-refractivity contribution is 6.33. The standard InChI is InChI=1S/C20H23ClN4O4/c1-29-19-7-6-15(25(27)28)14-17(19)22-20(26)8-9-23-10-12-24(13-11-23)18-5-3-2-4-16(18)21/h2-7,14H,8-13H2,1H3,(H,22,26). The van der Waals surface area contributed by atoms with Crippen LogP contribution < -0.4 is 15.0 Å². The highest BCUT2D eigenvalue weighted by atomic mass is 35.5. The summed E-state index contributed by atoms with van der Waals surface area (Å²) in [5.41, 5.74) is 1.23. The number of halogens is 1. The molecule has 2 aromatic carbocycles. The van der Waals surface area contributed by atoms with Crippen LogP contribution in [0.2, 0.25) is 5.02 Å². The molecule has 0 unspecified atom stereocenters. The van der Waals surface area contributed by atoms with E-state index in [2.05, 4.69) is 15.1 Å². The molecule has 2 aromatic rings. The Morgan fingerprint density at radius 3 is 2.59 bits per heavy atom. The molecule has 3 rings (SSSR count). The van der Waals surface area contributed by atoms with E-state index in [1.54, 1.807) is 0 Å². The number of benzene rings is 2. The van der Waals surface area contributed by atoms with Gasteiger partial charge in [0.15, 0.2) is 0 Å². The van der Waals surface area contributed by atoms with Gasteiger partial charge in [0.25, 0.3) is 5.69 Å². The van der Waals surface area contributed by atoms with Crippen molar-refractivity contribution in [3.8, 4) is 5.75 Å². The van der Waals surface area contributed by atoms with Gasteiger partial charge in [0.1, 0.15) is 5.75 Å². The fourth-order valence-corrected chi connectivity index (χ4v) is 3.56. The van der Waals surface area contributed by atoms with Gasteiger partial charge in [0.05, 0.1) is 28.4 Å². The third-order valence-corrected chi connectivity index (χ3v) is 5.21. The Morgan fingerprint density at radius 1 is 1.21 bits per heavy atom. The number of methoxy groups -OCH3 is 1. The first-order valence-corrected chi connectivity index (χ1v) is 9.70. The fourth-order valence-electron chi connectivity index (χ4n) is 3.30. The number of para-hydroxylation sites is 1. The van der Waals surface area contributed by atoms with Crippen LogP contribution in [0, 0.1) is 10.1 Å². The van der Waals surface area contributed by atoms with Crippen molar-refractivity contribution < 1.29 is 14.5 Å². The molecule has 1 saturated heterocycles. The SMILES string of the molecule is COc1ccc([N+](=O)[O-])cc1NC(=O)CCN1CCN(c2ccccc2Cl)CC1. The zero-order valence-corrected chi connectivity index (χ0v) is 16.9. The Bertz CT molecular complexity index is 885. The number of nitrogens with zero attached hydrogens (tertiary/aromatic N) is 3. The number of anilines is 2. The number of rotatable bonds is 7. The monoisotopic (exact) mass is 418 g/mol. The Labute approximate surface area is 174 Å². The number of non-ortho nitro benzene ring substituents is 1. The highest BCUT2D eigenvalue weighted by Gasteiger charge is 2.20. The molecule has 0 atom stereocenters. The van der Waals surface area contributed by atoms with E-state index in [9.17, 15) is 14.9 Å². The number of nitrogens with one attached hydrogen (secondary N) is 1. The fraction of sp³-hybridized carbons (Fsp3) is 0.350. The third kappa shape index (κ3) is 5.36. The molecule has 0 spiro atoms. The van der Waals surface area contributed by atoms with E-state index in [1.165, 1.54) is 25.3 Å². The maximum Gasteiger partial charge on any atom is 0.271 e. The van der Waals surface area contributed by atoms with Gasteiger partial charge in [-0.15, -0.1) is 0 Å². The summed E-state index contributed by atoms with van der Waals surface area (Å²) in [5, 5.41) is 14.4. The van der Waals surface area contributed by atoms with Crippen molar-refractivity contribution in [1.29, 1.82) is 0 Å². The number of amides is 1. The van der Waals surface area contributed by atoms with Gasteiger partial charge in [0, 0.05) is 51.3 Å². The minimum absolute atomic E-state index is 0.100. The first-order chi connectivity index (χ1) is 14.0. The average molecular weight is 419 g/mol. The predicted molar refractivity (Wildman–Crippen MR) is 113 cm³/mol. The summed E-state index contributed by atoms with van der Waals surface area (Å²) in [7, 11) is 1.45. The summed E-state index contributed by atoms with van der Waals surface area (Å²) in [4.78, 5) is 27.3. The number of hydrogen-bond acceptors (Lipinski definition) is 6. The number of piperazine rings is 1. The van der Waals surface area contributed by atoms with Crippen LogP contribution in [-0.2, 0) is 4.79 Å². The molecule has 1 N–H and O–H groups in total. The molecule has 0 aromatic heterocycles. The summed E-state index contributed by atoms with van der Waals surface area (Å²) >= 11 is 6.27. The summed E-state index contributed by atoms with van der Waals surface area (Å²) < 4.78 is 5.17. The molecular weight excluding hydrogens is 396 g/mol. The molecule has 1 aliphatic rings. The van der Waals surface area contributed by atoms with Gasteiger partial charge in [0.2, 0.25) is 5.91 Å². The van der Waals surface area contributed by atoms with Crippen LogP contribution in [0.25, 0.3) is 0 Å². The number of nitro groups is 1. The smallest absolute Gasteiger partial charge is 0.271 e. The molecule has 0 bridgehead atoms.